The van der Waals surface area contributed by atoms with E-state index in [1.54, 1.807) is 0 Å². The number of carbonyl (C=O) groups is 1. The Morgan fingerprint density at radius 1 is 1.45 bits per heavy atom. The highest BCUT2D eigenvalue weighted by atomic mass is 16.5. The molecule has 1 N–H and O–H groups in total. The van der Waals surface area contributed by atoms with Gasteiger partial charge >= 0.3 is 5.97 Å². The summed E-state index contributed by atoms with van der Waals surface area (Å²) in [7, 11) is 1.40. The Morgan fingerprint density at radius 3 is 2.95 bits per heavy atom. The molecule has 1 aliphatic carbocycles. The van der Waals surface area contributed by atoms with Crippen LogP contribution in [0.3, 0.4) is 0 Å². The molecular weight excluding hydrogens is 256 g/mol. The number of ether oxygens (including phenoxy) is 2. The van der Waals surface area contributed by atoms with Gasteiger partial charge < -0.3 is 14.8 Å². The van der Waals surface area contributed by atoms with Crippen molar-refractivity contribution < 1.29 is 14.3 Å². The van der Waals surface area contributed by atoms with Gasteiger partial charge in [-0.2, -0.15) is 0 Å². The first-order chi connectivity index (χ1) is 9.69. The van der Waals surface area contributed by atoms with Gasteiger partial charge in [-0.05, 0) is 38.3 Å². The Labute approximate surface area is 119 Å². The molecule has 5 heteroatoms. The van der Waals surface area contributed by atoms with Gasteiger partial charge in [0, 0.05) is 24.7 Å². The highest BCUT2D eigenvalue weighted by molar-refractivity contribution is 5.69. The predicted octanol–water partition coefficient (Wildman–Crippen LogP) is 1.97. The summed E-state index contributed by atoms with van der Waals surface area (Å²) >= 11 is 0. The normalized spacial score (nSPS) is 14.1. The number of aromatic nitrogens is 1. The molecule has 0 amide bonds. The van der Waals surface area contributed by atoms with Gasteiger partial charge in [0.05, 0.1) is 19.4 Å². The zero-order valence-electron chi connectivity index (χ0n) is 12.1. The second-order valence-electron chi connectivity index (χ2n) is 5.08. The van der Waals surface area contributed by atoms with E-state index in [0.29, 0.717) is 25.5 Å². The van der Waals surface area contributed by atoms with E-state index in [-0.39, 0.29) is 5.97 Å². The predicted molar refractivity (Wildman–Crippen MR) is 75.6 cm³/mol. The molecule has 1 aromatic heterocycles. The number of pyridine rings is 1. The lowest BCUT2D eigenvalue weighted by atomic mass is 10.2. The quantitative estimate of drug-likeness (QED) is 0.582. The van der Waals surface area contributed by atoms with Crippen LogP contribution in [-0.2, 0) is 16.1 Å². The maximum absolute atomic E-state index is 11.0. The van der Waals surface area contributed by atoms with Crippen LogP contribution in [0.4, 0.5) is 0 Å². The second-order valence-corrected chi connectivity index (χ2v) is 5.08. The minimum atomic E-state index is -0.203. The fourth-order valence-corrected chi connectivity index (χ4v) is 1.88. The number of esters is 1. The molecule has 0 bridgehead atoms. The van der Waals surface area contributed by atoms with Crippen LogP contribution >= 0.6 is 0 Å². The monoisotopic (exact) mass is 278 g/mol. The molecule has 110 valence electrons. The molecule has 1 aromatic rings. The number of rotatable bonds is 8. The van der Waals surface area contributed by atoms with Gasteiger partial charge in [-0.15, -0.1) is 0 Å². The zero-order valence-corrected chi connectivity index (χ0v) is 12.1. The summed E-state index contributed by atoms with van der Waals surface area (Å²) < 4.78 is 10.3. The standard InChI is InChI=1S/C15H22N2O3/c1-11-5-8-14(20-9-3-4-15(18)19-2)13(17-11)10-16-12-6-7-12/h5,8,12,16H,3-4,6-7,9-10H2,1-2H3. The van der Waals surface area contributed by atoms with Crippen LogP contribution in [-0.4, -0.2) is 30.7 Å². The van der Waals surface area contributed by atoms with Crippen molar-refractivity contribution in [2.24, 2.45) is 0 Å². The summed E-state index contributed by atoms with van der Waals surface area (Å²) in [4.78, 5) is 15.5. The number of nitrogens with zero attached hydrogens (tertiary/aromatic N) is 1. The Balaban J connectivity index is 1.83. The van der Waals surface area contributed by atoms with Crippen molar-refractivity contribution in [3.8, 4) is 5.75 Å². The van der Waals surface area contributed by atoms with Crippen LogP contribution in [0.2, 0.25) is 0 Å². The molecule has 1 aliphatic rings. The third kappa shape index (κ3) is 4.81. The lowest BCUT2D eigenvalue weighted by Crippen LogP contribution is -2.17. The van der Waals surface area contributed by atoms with Crippen LogP contribution in [0, 0.1) is 6.92 Å². The summed E-state index contributed by atoms with van der Waals surface area (Å²) in [5.74, 6) is 0.597. The maximum atomic E-state index is 11.0. The van der Waals surface area contributed by atoms with Gasteiger partial charge in [-0.25, -0.2) is 0 Å². The van der Waals surface area contributed by atoms with Gasteiger partial charge in [0.1, 0.15) is 5.75 Å². The van der Waals surface area contributed by atoms with Crippen molar-refractivity contribution >= 4 is 5.97 Å². The average Bonchev–Trinajstić information content (AvgIpc) is 3.26. The Kier molecular flexibility index (Phi) is 5.35. The first-order valence-corrected chi connectivity index (χ1v) is 7.08. The van der Waals surface area contributed by atoms with Gasteiger partial charge in [-0.3, -0.25) is 9.78 Å². The summed E-state index contributed by atoms with van der Waals surface area (Å²) in [5.41, 5.74) is 1.93. The molecule has 5 nitrogen and oxygen atoms in total. The zero-order chi connectivity index (χ0) is 14.4. The third-order valence-corrected chi connectivity index (χ3v) is 3.22. The molecule has 0 radical (unpaired) electrons. The number of aryl methyl sites for hydroxylation is 1. The minimum absolute atomic E-state index is 0.203. The Hall–Kier alpha value is -1.62. The number of nitrogens with one attached hydrogen (secondary N) is 1. The third-order valence-electron chi connectivity index (χ3n) is 3.22. The maximum Gasteiger partial charge on any atom is 0.305 e. The number of methoxy groups -OCH3 is 1. The fraction of sp³-hybridized carbons (Fsp3) is 0.600. The molecule has 0 saturated heterocycles. The number of hydrogen-bond donors (Lipinski definition) is 1. The SMILES string of the molecule is COC(=O)CCCOc1ccc(C)nc1CNC1CC1. The summed E-state index contributed by atoms with van der Waals surface area (Å²) in [6, 6.07) is 4.53. The molecular formula is C15H22N2O3. The van der Waals surface area contributed by atoms with Crippen molar-refractivity contribution in [2.45, 2.75) is 45.2 Å². The molecule has 1 heterocycles. The van der Waals surface area contributed by atoms with E-state index in [9.17, 15) is 4.79 Å². The van der Waals surface area contributed by atoms with E-state index in [0.717, 1.165) is 23.7 Å². The van der Waals surface area contributed by atoms with Crippen LogP contribution in [0.1, 0.15) is 37.1 Å². The van der Waals surface area contributed by atoms with Crippen LogP contribution < -0.4 is 10.1 Å². The van der Waals surface area contributed by atoms with Crippen molar-refractivity contribution in [2.75, 3.05) is 13.7 Å². The molecule has 1 fully saturated rings. The van der Waals surface area contributed by atoms with E-state index in [2.05, 4.69) is 15.0 Å². The van der Waals surface area contributed by atoms with Crippen molar-refractivity contribution in [3.63, 3.8) is 0 Å². The van der Waals surface area contributed by atoms with E-state index in [1.807, 2.05) is 19.1 Å². The second kappa shape index (κ2) is 7.24. The van der Waals surface area contributed by atoms with E-state index in [1.165, 1.54) is 20.0 Å². The topological polar surface area (TPSA) is 60.5 Å². The summed E-state index contributed by atoms with van der Waals surface area (Å²) in [5, 5.41) is 3.44. The average molecular weight is 278 g/mol. The lowest BCUT2D eigenvalue weighted by molar-refractivity contribution is -0.140. The largest absolute Gasteiger partial charge is 0.492 e. The summed E-state index contributed by atoms with van der Waals surface area (Å²) in [6.07, 6.45) is 3.53. The minimum Gasteiger partial charge on any atom is -0.492 e. The van der Waals surface area contributed by atoms with Crippen LogP contribution in [0.5, 0.6) is 5.75 Å². The van der Waals surface area contributed by atoms with Gasteiger partial charge in [0.2, 0.25) is 0 Å². The molecule has 20 heavy (non-hydrogen) atoms. The lowest BCUT2D eigenvalue weighted by Gasteiger charge is -2.12. The van der Waals surface area contributed by atoms with E-state index in [4.69, 9.17) is 4.74 Å². The first kappa shape index (κ1) is 14.8. The van der Waals surface area contributed by atoms with Crippen LogP contribution in [0.15, 0.2) is 12.1 Å². The van der Waals surface area contributed by atoms with Gasteiger partial charge in [0.15, 0.2) is 0 Å². The van der Waals surface area contributed by atoms with E-state index < -0.39 is 0 Å². The van der Waals surface area contributed by atoms with E-state index >= 15 is 0 Å². The highest BCUT2D eigenvalue weighted by Gasteiger charge is 2.21. The fourth-order valence-electron chi connectivity index (χ4n) is 1.88. The number of carbonyl (C=O) groups excluding carboxylic acids is 1. The molecule has 0 aliphatic heterocycles. The molecule has 1 saturated carbocycles. The first-order valence-electron chi connectivity index (χ1n) is 7.08. The Morgan fingerprint density at radius 2 is 2.25 bits per heavy atom. The Bertz CT molecular complexity index is 458. The smallest absolute Gasteiger partial charge is 0.305 e. The van der Waals surface area contributed by atoms with Gasteiger partial charge in [0.25, 0.3) is 0 Å². The summed E-state index contributed by atoms with van der Waals surface area (Å²) in [6.45, 7) is 3.20. The highest BCUT2D eigenvalue weighted by Crippen LogP contribution is 2.22. The van der Waals surface area contributed by atoms with Crippen molar-refractivity contribution in [1.82, 2.24) is 10.3 Å². The van der Waals surface area contributed by atoms with Gasteiger partial charge in [-0.1, -0.05) is 0 Å². The van der Waals surface area contributed by atoms with Crippen molar-refractivity contribution in [3.05, 3.63) is 23.5 Å². The molecule has 0 atom stereocenters. The van der Waals surface area contributed by atoms with Crippen molar-refractivity contribution in [1.29, 1.82) is 0 Å². The number of hydrogen-bond acceptors (Lipinski definition) is 5. The molecule has 0 aromatic carbocycles. The molecule has 0 spiro atoms. The molecule has 0 unspecified atom stereocenters. The molecule has 2 rings (SSSR count). The van der Waals surface area contributed by atoms with Crippen LogP contribution in [0.25, 0.3) is 0 Å².